The third kappa shape index (κ3) is 4.53. The molecule has 1 aliphatic rings. The lowest BCUT2D eigenvalue weighted by molar-refractivity contribution is -0.137. The maximum absolute atomic E-state index is 13.2. The molecule has 1 aliphatic heterocycles. The molecule has 3 rings (SSSR count). The van der Waals surface area contributed by atoms with Crippen LogP contribution in [0.2, 0.25) is 0 Å². The van der Waals surface area contributed by atoms with E-state index >= 15 is 0 Å². The van der Waals surface area contributed by atoms with Crippen molar-refractivity contribution in [2.45, 2.75) is 12.6 Å². The van der Waals surface area contributed by atoms with Gasteiger partial charge in [-0.1, -0.05) is 24.3 Å². The fourth-order valence-electron chi connectivity index (χ4n) is 3.22. The first-order chi connectivity index (χ1) is 12.9. The van der Waals surface area contributed by atoms with Crippen LogP contribution in [0.25, 0.3) is 0 Å². The summed E-state index contributed by atoms with van der Waals surface area (Å²) < 4.78 is 44.7. The highest BCUT2D eigenvalue weighted by atomic mass is 19.4. The Morgan fingerprint density at radius 1 is 1.00 bits per heavy atom. The minimum Gasteiger partial charge on any atom is -0.497 e. The van der Waals surface area contributed by atoms with Gasteiger partial charge in [0.1, 0.15) is 5.75 Å². The van der Waals surface area contributed by atoms with Gasteiger partial charge in [-0.25, -0.2) is 0 Å². The molecule has 2 aromatic carbocycles. The average Bonchev–Trinajstić information content (AvgIpc) is 2.68. The van der Waals surface area contributed by atoms with Gasteiger partial charge in [0.25, 0.3) is 0 Å². The van der Waals surface area contributed by atoms with E-state index in [9.17, 15) is 18.0 Å². The molecule has 2 aromatic rings. The zero-order valence-electron chi connectivity index (χ0n) is 15.0. The summed E-state index contributed by atoms with van der Waals surface area (Å²) in [6.07, 6.45) is -4.12. The van der Waals surface area contributed by atoms with Gasteiger partial charge in [-0.2, -0.15) is 13.2 Å². The van der Waals surface area contributed by atoms with Crippen molar-refractivity contribution < 1.29 is 22.7 Å². The highest BCUT2D eigenvalue weighted by Gasteiger charge is 2.35. The van der Waals surface area contributed by atoms with Gasteiger partial charge in [0.2, 0.25) is 5.91 Å². The fourth-order valence-corrected chi connectivity index (χ4v) is 3.22. The van der Waals surface area contributed by atoms with Gasteiger partial charge in [0.05, 0.1) is 19.1 Å². The van der Waals surface area contributed by atoms with Gasteiger partial charge < -0.3 is 14.5 Å². The first kappa shape index (κ1) is 19.1. The molecule has 0 atom stereocenters. The molecule has 1 saturated heterocycles. The van der Waals surface area contributed by atoms with Crippen molar-refractivity contribution in [2.24, 2.45) is 0 Å². The number of alkyl halides is 3. The number of anilines is 1. The lowest BCUT2D eigenvalue weighted by Crippen LogP contribution is -2.49. The minimum absolute atomic E-state index is 0.0241. The first-order valence-electron chi connectivity index (χ1n) is 8.70. The predicted octanol–water partition coefficient (Wildman–Crippen LogP) is 3.61. The molecule has 0 spiro atoms. The van der Waals surface area contributed by atoms with E-state index in [1.807, 2.05) is 12.1 Å². The van der Waals surface area contributed by atoms with E-state index in [1.165, 1.54) is 12.1 Å². The Morgan fingerprint density at radius 3 is 2.22 bits per heavy atom. The normalized spacial score (nSPS) is 15.0. The Labute approximate surface area is 156 Å². The lowest BCUT2D eigenvalue weighted by Gasteiger charge is -2.37. The number of amides is 1. The molecule has 4 nitrogen and oxygen atoms in total. The van der Waals surface area contributed by atoms with Crippen LogP contribution in [0.15, 0.2) is 48.5 Å². The third-order valence-corrected chi connectivity index (χ3v) is 4.70. The van der Waals surface area contributed by atoms with Crippen LogP contribution in [0.5, 0.6) is 5.75 Å². The Balaban J connectivity index is 1.61. The molecule has 0 radical (unpaired) electrons. The summed E-state index contributed by atoms with van der Waals surface area (Å²) in [6, 6.07) is 12.9. The topological polar surface area (TPSA) is 32.8 Å². The molecule has 144 valence electrons. The Bertz CT molecular complexity index is 783. The van der Waals surface area contributed by atoms with Crippen LogP contribution in [0.3, 0.4) is 0 Å². The summed E-state index contributed by atoms with van der Waals surface area (Å²) >= 11 is 0. The number of ether oxygens (including phenoxy) is 1. The number of piperazine rings is 1. The van der Waals surface area contributed by atoms with E-state index in [2.05, 4.69) is 0 Å². The van der Waals surface area contributed by atoms with E-state index in [4.69, 9.17) is 4.74 Å². The maximum Gasteiger partial charge on any atom is 0.418 e. The second-order valence-electron chi connectivity index (χ2n) is 6.41. The van der Waals surface area contributed by atoms with Crippen LogP contribution < -0.4 is 9.64 Å². The molecule has 1 fully saturated rings. The number of hydrogen-bond donors (Lipinski definition) is 0. The maximum atomic E-state index is 13.2. The molecule has 0 saturated carbocycles. The number of rotatable bonds is 4. The molecular weight excluding hydrogens is 357 g/mol. The number of benzene rings is 2. The molecule has 0 N–H and O–H groups in total. The monoisotopic (exact) mass is 378 g/mol. The van der Waals surface area contributed by atoms with Crippen LogP contribution in [-0.4, -0.2) is 44.1 Å². The third-order valence-electron chi connectivity index (χ3n) is 4.70. The Morgan fingerprint density at radius 2 is 1.63 bits per heavy atom. The zero-order chi connectivity index (χ0) is 19.4. The van der Waals surface area contributed by atoms with E-state index in [1.54, 1.807) is 35.1 Å². The standard InChI is InChI=1S/C20H21F3N2O2/c1-27-16-8-6-15(7-9-16)14-19(26)25-12-10-24(11-13-25)18-5-3-2-4-17(18)20(21,22)23/h2-9H,10-14H2,1H3. The van der Waals surface area contributed by atoms with Gasteiger partial charge >= 0.3 is 6.18 Å². The quantitative estimate of drug-likeness (QED) is 0.815. The summed E-state index contributed by atoms with van der Waals surface area (Å²) in [6.45, 7) is 1.56. The van der Waals surface area contributed by atoms with Crippen LogP contribution in [0, 0.1) is 0 Å². The summed E-state index contributed by atoms with van der Waals surface area (Å²) in [5.74, 6) is 0.701. The number of para-hydroxylation sites is 1. The van der Waals surface area contributed by atoms with E-state index in [0.29, 0.717) is 26.2 Å². The van der Waals surface area contributed by atoms with Gasteiger partial charge in [-0.3, -0.25) is 4.79 Å². The first-order valence-corrected chi connectivity index (χ1v) is 8.70. The molecule has 0 unspecified atom stereocenters. The van der Waals surface area contributed by atoms with Crippen molar-refractivity contribution >= 4 is 11.6 Å². The van der Waals surface area contributed by atoms with Crippen LogP contribution in [-0.2, 0) is 17.4 Å². The molecule has 0 bridgehead atoms. The van der Waals surface area contributed by atoms with Crippen molar-refractivity contribution in [3.05, 3.63) is 59.7 Å². The number of hydrogen-bond acceptors (Lipinski definition) is 3. The minimum atomic E-state index is -4.39. The summed E-state index contributed by atoms with van der Waals surface area (Å²) in [7, 11) is 1.58. The molecule has 1 heterocycles. The predicted molar refractivity (Wildman–Crippen MR) is 96.9 cm³/mol. The second kappa shape index (κ2) is 7.90. The summed E-state index contributed by atoms with van der Waals surface area (Å²) in [5, 5.41) is 0. The van der Waals surface area contributed by atoms with E-state index < -0.39 is 11.7 Å². The number of methoxy groups -OCH3 is 1. The number of carbonyl (C=O) groups is 1. The average molecular weight is 378 g/mol. The number of carbonyl (C=O) groups excluding carboxylic acids is 1. The Hall–Kier alpha value is -2.70. The zero-order valence-corrected chi connectivity index (χ0v) is 15.0. The van der Waals surface area contributed by atoms with Crippen LogP contribution in [0.4, 0.5) is 18.9 Å². The lowest BCUT2D eigenvalue weighted by atomic mass is 10.1. The van der Waals surface area contributed by atoms with Gasteiger partial charge in [-0.05, 0) is 29.8 Å². The molecule has 1 amide bonds. The number of halogens is 3. The van der Waals surface area contributed by atoms with E-state index in [-0.39, 0.29) is 18.0 Å². The molecule has 7 heteroatoms. The Kier molecular flexibility index (Phi) is 5.58. The van der Waals surface area contributed by atoms with Crippen molar-refractivity contribution in [1.82, 2.24) is 4.90 Å². The summed E-state index contributed by atoms with van der Waals surface area (Å²) in [4.78, 5) is 15.9. The molecule has 0 aromatic heterocycles. The summed E-state index contributed by atoms with van der Waals surface area (Å²) in [5.41, 5.74) is 0.418. The van der Waals surface area contributed by atoms with Crippen molar-refractivity contribution in [2.75, 3.05) is 38.2 Å². The van der Waals surface area contributed by atoms with E-state index in [0.717, 1.165) is 17.4 Å². The van der Waals surface area contributed by atoms with Crippen molar-refractivity contribution in [3.8, 4) is 5.75 Å². The van der Waals surface area contributed by atoms with Crippen molar-refractivity contribution in [1.29, 1.82) is 0 Å². The SMILES string of the molecule is COc1ccc(CC(=O)N2CCN(c3ccccc3C(F)(F)F)CC2)cc1. The molecule has 0 aliphatic carbocycles. The fraction of sp³-hybridized carbons (Fsp3) is 0.350. The highest BCUT2D eigenvalue weighted by Crippen LogP contribution is 2.36. The molecule has 27 heavy (non-hydrogen) atoms. The largest absolute Gasteiger partial charge is 0.497 e. The molecular formula is C20H21F3N2O2. The van der Waals surface area contributed by atoms with Crippen LogP contribution in [0.1, 0.15) is 11.1 Å². The smallest absolute Gasteiger partial charge is 0.418 e. The van der Waals surface area contributed by atoms with Crippen LogP contribution >= 0.6 is 0 Å². The highest BCUT2D eigenvalue weighted by molar-refractivity contribution is 5.79. The van der Waals surface area contributed by atoms with Gasteiger partial charge in [-0.15, -0.1) is 0 Å². The van der Waals surface area contributed by atoms with Crippen molar-refractivity contribution in [3.63, 3.8) is 0 Å². The van der Waals surface area contributed by atoms with Gasteiger partial charge in [0.15, 0.2) is 0 Å². The van der Waals surface area contributed by atoms with Gasteiger partial charge in [0, 0.05) is 31.9 Å². The number of nitrogens with zero attached hydrogens (tertiary/aromatic N) is 2. The second-order valence-corrected chi connectivity index (χ2v) is 6.41.